The van der Waals surface area contributed by atoms with Gasteiger partial charge in [0.15, 0.2) is 4.33 Å². The van der Waals surface area contributed by atoms with Gasteiger partial charge in [-0.1, -0.05) is 65.5 Å². The van der Waals surface area contributed by atoms with Gasteiger partial charge in [-0.3, -0.25) is 0 Å². The van der Waals surface area contributed by atoms with Gasteiger partial charge in [0, 0.05) is 5.41 Å². The quantitative estimate of drug-likeness (QED) is 0.412. The molecule has 0 amide bonds. The van der Waals surface area contributed by atoms with Gasteiger partial charge in [0.2, 0.25) is 0 Å². The minimum absolute atomic E-state index is 0.220. The van der Waals surface area contributed by atoms with Gasteiger partial charge in [-0.25, -0.2) is 0 Å². The van der Waals surface area contributed by atoms with Gasteiger partial charge in [0.1, 0.15) is 9.75 Å². The summed E-state index contributed by atoms with van der Waals surface area (Å²) in [7, 11) is 0. The van der Waals surface area contributed by atoms with Crippen LogP contribution in [0.4, 0.5) is 0 Å². The number of halogens is 6. The van der Waals surface area contributed by atoms with Crippen LogP contribution in [0.15, 0.2) is 22.2 Å². The van der Waals surface area contributed by atoms with Crippen LogP contribution in [0.1, 0.15) is 20.3 Å². The summed E-state index contributed by atoms with van der Waals surface area (Å²) < 4.78 is -1.47. The maximum atomic E-state index is 6.64. The molecule has 2 rings (SSSR count). The molecule has 0 aromatic carbocycles. The van der Waals surface area contributed by atoms with Crippen LogP contribution in [-0.4, -0.2) is 14.1 Å². The SMILES string of the molecule is C=C(C)[C@@]1(C)C[C@]2(Cl)C(Cl)=C(Cl)[C@]1(Cl)C2(Cl)Cl. The molecule has 2 aliphatic carbocycles. The highest BCUT2D eigenvalue weighted by Crippen LogP contribution is 2.79. The van der Waals surface area contributed by atoms with Gasteiger partial charge in [0.05, 0.1) is 10.1 Å². The zero-order valence-electron chi connectivity index (χ0n) is 9.18. The van der Waals surface area contributed by atoms with Gasteiger partial charge in [-0.2, -0.15) is 0 Å². The third-order valence-electron chi connectivity index (χ3n) is 4.07. The number of allylic oxidation sites excluding steroid dienone is 3. The first-order valence-electron chi connectivity index (χ1n) is 4.94. The number of hydrogen-bond donors (Lipinski definition) is 0. The van der Waals surface area contributed by atoms with Crippen molar-refractivity contribution >= 4 is 69.6 Å². The molecule has 2 bridgehead atoms. The van der Waals surface area contributed by atoms with Crippen molar-refractivity contribution in [3.8, 4) is 0 Å². The molecule has 0 N–H and O–H groups in total. The maximum Gasteiger partial charge on any atom is 0.167 e. The molecule has 0 aromatic rings. The van der Waals surface area contributed by atoms with Crippen molar-refractivity contribution in [1.29, 1.82) is 0 Å². The minimum atomic E-state index is -1.47. The van der Waals surface area contributed by atoms with E-state index in [9.17, 15) is 0 Å². The largest absolute Gasteiger partial charge is 0.167 e. The van der Waals surface area contributed by atoms with E-state index in [-0.39, 0.29) is 10.1 Å². The Bertz CT molecular complexity index is 453. The first-order valence-corrected chi connectivity index (χ1v) is 7.21. The average molecular weight is 355 g/mol. The average Bonchev–Trinajstić information content (AvgIpc) is 2.39. The van der Waals surface area contributed by atoms with Gasteiger partial charge >= 0.3 is 0 Å². The molecule has 0 saturated heterocycles. The summed E-state index contributed by atoms with van der Waals surface area (Å²) in [6, 6.07) is 0. The lowest BCUT2D eigenvalue weighted by Gasteiger charge is -2.42. The van der Waals surface area contributed by atoms with Crippen LogP contribution in [0, 0.1) is 5.41 Å². The van der Waals surface area contributed by atoms with Gasteiger partial charge in [0.25, 0.3) is 0 Å². The van der Waals surface area contributed by atoms with E-state index in [1.807, 2.05) is 13.8 Å². The van der Waals surface area contributed by atoms with Crippen molar-refractivity contribution < 1.29 is 0 Å². The van der Waals surface area contributed by atoms with E-state index in [2.05, 4.69) is 6.58 Å². The highest BCUT2D eigenvalue weighted by Gasteiger charge is 2.82. The smallest absolute Gasteiger partial charge is 0.110 e. The molecule has 0 unspecified atom stereocenters. The highest BCUT2D eigenvalue weighted by molar-refractivity contribution is 6.65. The molecule has 0 aliphatic heterocycles. The molecule has 1 saturated carbocycles. The Morgan fingerprint density at radius 1 is 1.12 bits per heavy atom. The molecule has 0 spiro atoms. The molecule has 1 fully saturated rings. The zero-order valence-corrected chi connectivity index (χ0v) is 13.7. The monoisotopic (exact) mass is 352 g/mol. The summed E-state index contributed by atoms with van der Waals surface area (Å²) in [6.45, 7) is 7.70. The van der Waals surface area contributed by atoms with Crippen LogP contribution in [0.25, 0.3) is 0 Å². The summed E-state index contributed by atoms with van der Waals surface area (Å²) in [5, 5.41) is 0.456. The van der Waals surface area contributed by atoms with Crippen molar-refractivity contribution in [2.75, 3.05) is 0 Å². The van der Waals surface area contributed by atoms with E-state index in [0.717, 1.165) is 5.57 Å². The van der Waals surface area contributed by atoms with E-state index in [1.54, 1.807) is 0 Å². The molecule has 0 nitrogen and oxygen atoms in total. The molecule has 2 aliphatic rings. The number of rotatable bonds is 1. The number of hydrogen-bond acceptors (Lipinski definition) is 0. The first kappa shape index (κ1) is 14.6. The second-order valence-electron chi connectivity index (χ2n) is 4.95. The molecular weight excluding hydrogens is 345 g/mol. The van der Waals surface area contributed by atoms with Gasteiger partial charge in [-0.15, -0.1) is 23.2 Å². The van der Waals surface area contributed by atoms with Crippen molar-refractivity contribution in [2.45, 2.75) is 34.3 Å². The molecule has 6 heteroatoms. The van der Waals surface area contributed by atoms with E-state index >= 15 is 0 Å². The summed E-state index contributed by atoms with van der Waals surface area (Å²) in [4.78, 5) is -2.40. The fourth-order valence-electron chi connectivity index (χ4n) is 2.71. The van der Waals surface area contributed by atoms with E-state index in [4.69, 9.17) is 69.6 Å². The van der Waals surface area contributed by atoms with Crippen molar-refractivity contribution in [3.05, 3.63) is 22.2 Å². The fourth-order valence-corrected chi connectivity index (χ4v) is 5.82. The second-order valence-corrected chi connectivity index (χ2v) is 8.25. The third-order valence-corrected chi connectivity index (χ3v) is 8.44. The second kappa shape index (κ2) is 3.65. The van der Waals surface area contributed by atoms with Crippen molar-refractivity contribution in [1.82, 2.24) is 0 Å². The Morgan fingerprint density at radius 3 is 1.88 bits per heavy atom. The number of fused-ring (bicyclic) bond motifs is 2. The first-order chi connectivity index (χ1) is 7.47. The van der Waals surface area contributed by atoms with Crippen LogP contribution in [0.3, 0.4) is 0 Å². The molecular formula is C11H10Cl6. The van der Waals surface area contributed by atoms with E-state index in [1.165, 1.54) is 0 Å². The fraction of sp³-hybridized carbons (Fsp3) is 0.636. The predicted molar refractivity (Wildman–Crippen MR) is 77.9 cm³/mol. The molecule has 0 aromatic heterocycles. The lowest BCUT2D eigenvalue weighted by Crippen LogP contribution is -2.48. The maximum absolute atomic E-state index is 6.64. The lowest BCUT2D eigenvalue weighted by atomic mass is 9.72. The topological polar surface area (TPSA) is 0 Å². The Kier molecular flexibility index (Phi) is 3.14. The van der Waals surface area contributed by atoms with Crippen LogP contribution < -0.4 is 0 Å². The Labute approximate surface area is 131 Å². The van der Waals surface area contributed by atoms with E-state index in [0.29, 0.717) is 6.42 Å². The Morgan fingerprint density at radius 2 is 1.59 bits per heavy atom. The van der Waals surface area contributed by atoms with E-state index < -0.39 is 19.5 Å². The minimum Gasteiger partial charge on any atom is -0.110 e. The summed E-state index contributed by atoms with van der Waals surface area (Å²) >= 11 is 38.3. The molecule has 3 atom stereocenters. The predicted octanol–water partition coefficient (Wildman–Crippen LogP) is 5.80. The number of alkyl halides is 4. The zero-order chi connectivity index (χ0) is 13.4. The molecule has 96 valence electrons. The van der Waals surface area contributed by atoms with Crippen LogP contribution in [0.2, 0.25) is 0 Å². The summed E-state index contributed by atoms with van der Waals surface area (Å²) in [5.74, 6) is 0. The molecule has 0 heterocycles. The van der Waals surface area contributed by atoms with Gasteiger partial charge < -0.3 is 0 Å². The Hall–Kier alpha value is 1.22. The molecule has 0 radical (unpaired) electrons. The summed E-state index contributed by atoms with van der Waals surface area (Å²) in [5.41, 5.74) is 0.220. The normalized spacial score (nSPS) is 47.8. The van der Waals surface area contributed by atoms with Crippen LogP contribution >= 0.6 is 69.6 Å². The van der Waals surface area contributed by atoms with Gasteiger partial charge in [-0.05, 0) is 13.3 Å². The third kappa shape index (κ3) is 1.26. The lowest BCUT2D eigenvalue weighted by molar-refractivity contribution is 0.345. The summed E-state index contributed by atoms with van der Waals surface area (Å²) in [6.07, 6.45) is 0.405. The Balaban J connectivity index is 2.80. The molecule has 17 heavy (non-hydrogen) atoms. The van der Waals surface area contributed by atoms with Crippen LogP contribution in [-0.2, 0) is 0 Å². The standard InChI is InChI=1S/C11H10Cl6/c1-5(2)8(3)4-9(14)6(12)7(13)10(8,15)11(9,16)17/h1,4H2,2-3H3/t8-,9+,10-/m1/s1. The highest BCUT2D eigenvalue weighted by atomic mass is 35.5. The van der Waals surface area contributed by atoms with Crippen LogP contribution in [0.5, 0.6) is 0 Å². The van der Waals surface area contributed by atoms with Crippen molar-refractivity contribution in [2.24, 2.45) is 5.41 Å². The van der Waals surface area contributed by atoms with Crippen molar-refractivity contribution in [3.63, 3.8) is 0 Å².